The van der Waals surface area contributed by atoms with Crippen LogP contribution in [0.15, 0.2) is 48.9 Å². The lowest BCUT2D eigenvalue weighted by atomic mass is 10.2. The lowest BCUT2D eigenvalue weighted by Crippen LogP contribution is -1.88. The number of aryl methyl sites for hydroxylation is 1. The van der Waals surface area contributed by atoms with Crippen molar-refractivity contribution in [1.82, 2.24) is 14.4 Å². The van der Waals surface area contributed by atoms with Crippen LogP contribution in [-0.4, -0.2) is 14.4 Å². The molecule has 0 saturated heterocycles. The van der Waals surface area contributed by atoms with Crippen molar-refractivity contribution in [1.29, 1.82) is 0 Å². The van der Waals surface area contributed by atoms with Crippen LogP contribution in [-0.2, 0) is 0 Å². The van der Waals surface area contributed by atoms with Gasteiger partial charge in [-0.2, -0.15) is 0 Å². The Balaban J connectivity index is 2.33. The standard InChI is InChI=1S/C13H11N3/c1-10-12-4-2-3-9-16(12)13(15-10)11-5-7-14-8-6-11/h2-9H,1H3. The van der Waals surface area contributed by atoms with Gasteiger partial charge in [0.15, 0.2) is 0 Å². The third-order valence-corrected chi connectivity index (χ3v) is 2.67. The summed E-state index contributed by atoms with van der Waals surface area (Å²) in [5.41, 5.74) is 3.28. The molecule has 3 aromatic rings. The van der Waals surface area contributed by atoms with E-state index in [1.54, 1.807) is 12.4 Å². The highest BCUT2D eigenvalue weighted by Gasteiger charge is 2.08. The monoisotopic (exact) mass is 209 g/mol. The molecule has 78 valence electrons. The van der Waals surface area contributed by atoms with Gasteiger partial charge in [-0.05, 0) is 31.2 Å². The van der Waals surface area contributed by atoms with E-state index in [1.165, 1.54) is 0 Å². The molecule has 0 N–H and O–H groups in total. The van der Waals surface area contributed by atoms with Crippen LogP contribution in [0.3, 0.4) is 0 Å². The van der Waals surface area contributed by atoms with Crippen molar-refractivity contribution >= 4 is 5.52 Å². The van der Waals surface area contributed by atoms with Crippen LogP contribution in [0, 0.1) is 6.92 Å². The molecule has 0 bridgehead atoms. The number of pyridine rings is 2. The molecule has 3 heteroatoms. The molecule has 0 aliphatic rings. The molecule has 0 atom stereocenters. The lowest BCUT2D eigenvalue weighted by Gasteiger charge is -1.99. The summed E-state index contributed by atoms with van der Waals surface area (Å²) in [5.74, 6) is 0.968. The van der Waals surface area contributed by atoms with Gasteiger partial charge in [-0.25, -0.2) is 4.98 Å². The van der Waals surface area contributed by atoms with Crippen LogP contribution < -0.4 is 0 Å². The minimum absolute atomic E-state index is 0.968. The second kappa shape index (κ2) is 3.45. The summed E-state index contributed by atoms with van der Waals surface area (Å²) >= 11 is 0. The van der Waals surface area contributed by atoms with E-state index in [2.05, 4.69) is 20.4 Å². The number of hydrogen-bond donors (Lipinski definition) is 0. The molecule has 3 rings (SSSR count). The summed E-state index contributed by atoms with van der Waals surface area (Å²) in [6, 6.07) is 10.1. The van der Waals surface area contributed by atoms with Gasteiger partial charge in [0.2, 0.25) is 0 Å². The maximum Gasteiger partial charge on any atom is 0.144 e. The van der Waals surface area contributed by atoms with Crippen LogP contribution >= 0.6 is 0 Å². The van der Waals surface area contributed by atoms with E-state index >= 15 is 0 Å². The van der Waals surface area contributed by atoms with Gasteiger partial charge < -0.3 is 0 Å². The summed E-state index contributed by atoms with van der Waals surface area (Å²) in [7, 11) is 0. The first-order valence-corrected chi connectivity index (χ1v) is 5.20. The third-order valence-electron chi connectivity index (χ3n) is 2.67. The third kappa shape index (κ3) is 1.29. The topological polar surface area (TPSA) is 30.2 Å². The fourth-order valence-corrected chi connectivity index (χ4v) is 1.90. The van der Waals surface area contributed by atoms with Crippen molar-refractivity contribution < 1.29 is 0 Å². The second-order valence-electron chi connectivity index (χ2n) is 3.71. The molecule has 0 radical (unpaired) electrons. The molecule has 3 heterocycles. The molecule has 0 amide bonds. The Morgan fingerprint density at radius 2 is 1.88 bits per heavy atom. The zero-order valence-corrected chi connectivity index (χ0v) is 8.96. The van der Waals surface area contributed by atoms with E-state index in [4.69, 9.17) is 0 Å². The minimum Gasteiger partial charge on any atom is -0.300 e. The largest absolute Gasteiger partial charge is 0.300 e. The van der Waals surface area contributed by atoms with Crippen LogP contribution in [0.5, 0.6) is 0 Å². The highest BCUT2D eigenvalue weighted by atomic mass is 15.0. The quantitative estimate of drug-likeness (QED) is 0.616. The molecule has 0 aromatic carbocycles. The van der Waals surface area contributed by atoms with Crippen molar-refractivity contribution in [2.45, 2.75) is 6.92 Å². The highest BCUT2D eigenvalue weighted by Crippen LogP contribution is 2.21. The number of fused-ring (bicyclic) bond motifs is 1. The average Bonchev–Trinajstić information content (AvgIpc) is 2.69. The first kappa shape index (κ1) is 9.09. The molecule has 0 spiro atoms. The van der Waals surface area contributed by atoms with Gasteiger partial charge in [-0.3, -0.25) is 9.38 Å². The normalized spacial score (nSPS) is 10.8. The maximum absolute atomic E-state index is 4.60. The van der Waals surface area contributed by atoms with E-state index in [1.807, 2.05) is 37.4 Å². The van der Waals surface area contributed by atoms with Gasteiger partial charge in [0.1, 0.15) is 5.82 Å². The fraction of sp³-hybridized carbons (Fsp3) is 0.0769. The summed E-state index contributed by atoms with van der Waals surface area (Å²) in [6.07, 6.45) is 5.61. The summed E-state index contributed by atoms with van der Waals surface area (Å²) < 4.78 is 2.10. The van der Waals surface area contributed by atoms with Crippen molar-refractivity contribution in [2.24, 2.45) is 0 Å². The number of rotatable bonds is 1. The van der Waals surface area contributed by atoms with Gasteiger partial charge in [0, 0.05) is 24.2 Å². The average molecular weight is 209 g/mol. The summed E-state index contributed by atoms with van der Waals surface area (Å²) in [4.78, 5) is 8.62. The SMILES string of the molecule is Cc1nc(-c2ccncc2)n2ccccc12. The zero-order chi connectivity index (χ0) is 11.0. The Labute approximate surface area is 93.4 Å². The Bertz CT molecular complexity index is 626. The van der Waals surface area contributed by atoms with Crippen molar-refractivity contribution in [3.8, 4) is 11.4 Å². The molecule has 3 aromatic heterocycles. The molecular weight excluding hydrogens is 198 g/mol. The van der Waals surface area contributed by atoms with Gasteiger partial charge in [0.25, 0.3) is 0 Å². The number of hydrogen-bond acceptors (Lipinski definition) is 2. The molecule has 0 saturated carbocycles. The van der Waals surface area contributed by atoms with Gasteiger partial charge in [-0.1, -0.05) is 6.07 Å². The molecular formula is C13H11N3. The Morgan fingerprint density at radius 1 is 1.06 bits per heavy atom. The Morgan fingerprint density at radius 3 is 2.69 bits per heavy atom. The molecule has 0 fully saturated rings. The van der Waals surface area contributed by atoms with Crippen LogP contribution in [0.1, 0.15) is 5.69 Å². The molecule has 3 nitrogen and oxygen atoms in total. The van der Waals surface area contributed by atoms with Gasteiger partial charge in [0.05, 0.1) is 11.2 Å². The molecule has 0 aliphatic carbocycles. The maximum atomic E-state index is 4.60. The van der Waals surface area contributed by atoms with E-state index in [9.17, 15) is 0 Å². The first-order chi connectivity index (χ1) is 7.86. The predicted molar refractivity (Wildman–Crippen MR) is 63.2 cm³/mol. The highest BCUT2D eigenvalue weighted by molar-refractivity contribution is 5.64. The Kier molecular flexibility index (Phi) is 1.96. The van der Waals surface area contributed by atoms with Crippen molar-refractivity contribution in [3.63, 3.8) is 0 Å². The summed E-state index contributed by atoms with van der Waals surface area (Å²) in [5, 5.41) is 0. The van der Waals surface area contributed by atoms with Crippen molar-refractivity contribution in [2.75, 3.05) is 0 Å². The zero-order valence-electron chi connectivity index (χ0n) is 8.96. The van der Waals surface area contributed by atoms with Gasteiger partial charge >= 0.3 is 0 Å². The van der Waals surface area contributed by atoms with Crippen LogP contribution in [0.25, 0.3) is 16.9 Å². The predicted octanol–water partition coefficient (Wildman–Crippen LogP) is 2.70. The van der Waals surface area contributed by atoms with Crippen LogP contribution in [0.4, 0.5) is 0 Å². The lowest BCUT2D eigenvalue weighted by molar-refractivity contribution is 1.15. The second-order valence-corrected chi connectivity index (χ2v) is 3.71. The molecule has 0 aliphatic heterocycles. The minimum atomic E-state index is 0.968. The van der Waals surface area contributed by atoms with Crippen molar-refractivity contribution in [3.05, 3.63) is 54.6 Å². The number of imidazole rings is 1. The number of aromatic nitrogens is 3. The fourth-order valence-electron chi connectivity index (χ4n) is 1.90. The number of nitrogens with zero attached hydrogens (tertiary/aromatic N) is 3. The van der Waals surface area contributed by atoms with E-state index in [0.717, 1.165) is 22.6 Å². The van der Waals surface area contributed by atoms with Crippen LogP contribution in [0.2, 0.25) is 0 Å². The molecule has 0 unspecified atom stereocenters. The first-order valence-electron chi connectivity index (χ1n) is 5.20. The van der Waals surface area contributed by atoms with E-state index < -0.39 is 0 Å². The van der Waals surface area contributed by atoms with Gasteiger partial charge in [-0.15, -0.1) is 0 Å². The van der Waals surface area contributed by atoms with E-state index in [-0.39, 0.29) is 0 Å². The summed E-state index contributed by atoms with van der Waals surface area (Å²) in [6.45, 7) is 2.03. The molecule has 16 heavy (non-hydrogen) atoms. The Hall–Kier alpha value is -2.16. The smallest absolute Gasteiger partial charge is 0.144 e. The van der Waals surface area contributed by atoms with E-state index in [0.29, 0.717) is 0 Å².